The van der Waals surface area contributed by atoms with Gasteiger partial charge in [-0.25, -0.2) is 13.6 Å². The van der Waals surface area contributed by atoms with Gasteiger partial charge in [-0.3, -0.25) is 9.59 Å². The van der Waals surface area contributed by atoms with Gasteiger partial charge in [0.2, 0.25) is 11.8 Å². The third kappa shape index (κ3) is 6.61. The number of halogens is 2. The summed E-state index contributed by atoms with van der Waals surface area (Å²) in [6.45, 7) is -0.748. The highest BCUT2D eigenvalue weighted by molar-refractivity contribution is 5.83. The van der Waals surface area contributed by atoms with Crippen LogP contribution in [0.2, 0.25) is 0 Å². The predicted molar refractivity (Wildman–Crippen MR) is 108 cm³/mol. The van der Waals surface area contributed by atoms with Crippen LogP contribution in [0, 0.1) is 5.92 Å². The summed E-state index contributed by atoms with van der Waals surface area (Å²) in [5, 5.41) is 5.24. The Kier molecular flexibility index (Phi) is 7.42. The number of likely N-dealkylation sites (tertiary alicyclic amines) is 1. The normalized spacial score (nSPS) is 23.6. The molecule has 0 radical (unpaired) electrons. The van der Waals surface area contributed by atoms with E-state index in [1.165, 1.54) is 0 Å². The summed E-state index contributed by atoms with van der Waals surface area (Å²) in [7, 11) is 0. The fourth-order valence-corrected chi connectivity index (χ4v) is 4.02. The number of alkyl halides is 2. The second kappa shape index (κ2) is 10.0. The molecule has 0 spiro atoms. The minimum Gasteiger partial charge on any atom is -0.410 e. The summed E-state index contributed by atoms with van der Waals surface area (Å²) >= 11 is 0. The zero-order valence-corrected chi connectivity index (χ0v) is 17.2. The molecule has 2 aliphatic rings. The Morgan fingerprint density at radius 3 is 2.45 bits per heavy atom. The van der Waals surface area contributed by atoms with Crippen LogP contribution in [0.1, 0.15) is 32.1 Å². The molecule has 1 aliphatic heterocycles. The molecule has 1 aromatic rings. The van der Waals surface area contributed by atoms with Gasteiger partial charge in [0, 0.05) is 19.0 Å². The molecule has 0 aromatic heterocycles. The third-order valence-corrected chi connectivity index (χ3v) is 5.76. The molecular formula is C21H28F2N4O4. The Balaban J connectivity index is 1.35. The average Bonchev–Trinajstić information content (AvgIpc) is 3.12. The van der Waals surface area contributed by atoms with Crippen LogP contribution in [0.25, 0.3) is 0 Å². The van der Waals surface area contributed by atoms with Crippen LogP contribution in [0.5, 0.6) is 5.75 Å². The van der Waals surface area contributed by atoms with Crippen molar-refractivity contribution in [1.82, 2.24) is 15.5 Å². The molecule has 1 heterocycles. The number of nitrogens with one attached hydrogen (secondary N) is 2. The van der Waals surface area contributed by atoms with Gasteiger partial charge in [0.1, 0.15) is 12.3 Å². The average molecular weight is 438 g/mol. The lowest BCUT2D eigenvalue weighted by molar-refractivity contribution is -0.134. The van der Waals surface area contributed by atoms with Gasteiger partial charge < -0.3 is 26.0 Å². The van der Waals surface area contributed by atoms with Crippen molar-refractivity contribution in [2.75, 3.05) is 19.6 Å². The number of nitrogens with zero attached hydrogens (tertiary/aromatic N) is 1. The molecule has 1 atom stereocenters. The third-order valence-electron chi connectivity index (χ3n) is 5.76. The van der Waals surface area contributed by atoms with Crippen LogP contribution >= 0.6 is 0 Å². The molecule has 10 heteroatoms. The summed E-state index contributed by atoms with van der Waals surface area (Å²) in [6.07, 6.45) is 1.44. The highest BCUT2D eigenvalue weighted by atomic mass is 19.3. The van der Waals surface area contributed by atoms with Crippen LogP contribution in [0.4, 0.5) is 13.6 Å². The Labute approximate surface area is 179 Å². The van der Waals surface area contributed by atoms with E-state index in [2.05, 4.69) is 10.6 Å². The maximum atomic E-state index is 13.3. The van der Waals surface area contributed by atoms with E-state index in [-0.39, 0.29) is 37.4 Å². The first kappa shape index (κ1) is 22.9. The molecular weight excluding hydrogens is 410 g/mol. The second-order valence-corrected chi connectivity index (χ2v) is 8.13. The zero-order chi connectivity index (χ0) is 22.4. The van der Waals surface area contributed by atoms with Crippen LogP contribution in [-0.2, 0) is 9.59 Å². The van der Waals surface area contributed by atoms with Crippen molar-refractivity contribution >= 4 is 17.9 Å². The van der Waals surface area contributed by atoms with Crippen molar-refractivity contribution in [3.63, 3.8) is 0 Å². The van der Waals surface area contributed by atoms with Crippen LogP contribution < -0.4 is 21.1 Å². The number of nitrogens with two attached hydrogens (primary N) is 1. The van der Waals surface area contributed by atoms with Gasteiger partial charge in [0.15, 0.2) is 0 Å². The number of benzene rings is 1. The van der Waals surface area contributed by atoms with Gasteiger partial charge >= 0.3 is 6.09 Å². The lowest BCUT2D eigenvalue weighted by Crippen LogP contribution is -2.50. The molecule has 3 amide bonds. The number of carbonyl (C=O) groups is 3. The molecule has 4 N–H and O–H groups in total. The number of rotatable bonds is 6. The van der Waals surface area contributed by atoms with E-state index in [1.807, 2.05) is 0 Å². The quantitative estimate of drug-likeness (QED) is 0.625. The Morgan fingerprint density at radius 1 is 1.16 bits per heavy atom. The first-order chi connectivity index (χ1) is 14.7. The maximum Gasteiger partial charge on any atom is 0.413 e. The molecule has 1 aliphatic carbocycles. The number of ether oxygens (including phenoxy) is 1. The zero-order valence-electron chi connectivity index (χ0n) is 17.2. The topological polar surface area (TPSA) is 114 Å². The van der Waals surface area contributed by atoms with E-state index < -0.39 is 30.5 Å². The lowest BCUT2D eigenvalue weighted by Gasteiger charge is -2.33. The van der Waals surface area contributed by atoms with E-state index in [1.54, 1.807) is 30.3 Å². The Morgan fingerprint density at radius 2 is 1.84 bits per heavy atom. The fourth-order valence-electron chi connectivity index (χ4n) is 4.02. The number of amides is 3. The van der Waals surface area contributed by atoms with Gasteiger partial charge in [-0.2, -0.15) is 0 Å². The van der Waals surface area contributed by atoms with Crippen molar-refractivity contribution in [3.8, 4) is 5.75 Å². The molecule has 2 fully saturated rings. The minimum atomic E-state index is -2.83. The minimum absolute atomic E-state index is 0.0324. The molecule has 1 saturated heterocycles. The van der Waals surface area contributed by atoms with E-state index in [0.29, 0.717) is 31.4 Å². The van der Waals surface area contributed by atoms with Crippen molar-refractivity contribution < 1.29 is 27.9 Å². The summed E-state index contributed by atoms with van der Waals surface area (Å²) < 4.78 is 31.7. The molecule has 0 unspecified atom stereocenters. The summed E-state index contributed by atoms with van der Waals surface area (Å²) in [5.74, 6) is -3.33. The van der Waals surface area contributed by atoms with Gasteiger partial charge in [0.25, 0.3) is 5.92 Å². The largest absolute Gasteiger partial charge is 0.413 e. The molecule has 3 rings (SSSR count). The summed E-state index contributed by atoms with van der Waals surface area (Å²) in [6, 6.07) is 7.61. The van der Waals surface area contributed by atoms with Crippen molar-refractivity contribution in [2.24, 2.45) is 11.7 Å². The maximum absolute atomic E-state index is 13.3. The van der Waals surface area contributed by atoms with Gasteiger partial charge in [-0.05, 0) is 43.7 Å². The number of carbonyl (C=O) groups excluding carboxylic acids is 3. The van der Waals surface area contributed by atoms with E-state index in [9.17, 15) is 23.2 Å². The number of hydrogen-bond acceptors (Lipinski definition) is 5. The van der Waals surface area contributed by atoms with Crippen molar-refractivity contribution in [3.05, 3.63) is 30.3 Å². The highest BCUT2D eigenvalue weighted by Crippen LogP contribution is 2.30. The van der Waals surface area contributed by atoms with E-state index in [4.69, 9.17) is 10.5 Å². The fraction of sp³-hybridized carbons (Fsp3) is 0.571. The van der Waals surface area contributed by atoms with Crippen LogP contribution in [-0.4, -0.2) is 60.4 Å². The molecule has 31 heavy (non-hydrogen) atoms. The van der Waals surface area contributed by atoms with E-state index >= 15 is 0 Å². The summed E-state index contributed by atoms with van der Waals surface area (Å²) in [4.78, 5) is 37.4. The van der Waals surface area contributed by atoms with E-state index in [0.717, 1.165) is 4.90 Å². The molecule has 1 aromatic carbocycles. The molecule has 8 nitrogen and oxygen atoms in total. The predicted octanol–water partition coefficient (Wildman–Crippen LogP) is 1.64. The number of hydrogen-bond donors (Lipinski definition) is 3. The SMILES string of the molecule is N[C@H](C(=O)N1CCC(F)(F)C1)[C@H]1CC[C@H](NC(=O)CNC(=O)Oc2ccccc2)CC1. The Bertz CT molecular complexity index is 785. The number of para-hydroxylation sites is 1. The lowest BCUT2D eigenvalue weighted by atomic mass is 9.81. The first-order valence-electron chi connectivity index (χ1n) is 10.5. The Hall–Kier alpha value is -2.75. The standard InChI is InChI=1S/C21H28F2N4O4/c22-21(23)10-11-27(13-21)19(29)18(24)14-6-8-15(9-7-14)26-17(28)12-25-20(30)31-16-4-2-1-3-5-16/h1-5,14-15,18H,6-13,24H2,(H,25,30)(H,26,28)/t14-,15-,18-/m0/s1. The van der Waals surface area contributed by atoms with Crippen LogP contribution in [0.15, 0.2) is 30.3 Å². The monoisotopic (exact) mass is 438 g/mol. The highest BCUT2D eigenvalue weighted by Gasteiger charge is 2.42. The first-order valence-corrected chi connectivity index (χ1v) is 10.5. The molecule has 0 bridgehead atoms. The van der Waals surface area contributed by atoms with Gasteiger partial charge in [-0.15, -0.1) is 0 Å². The molecule has 170 valence electrons. The molecule has 1 saturated carbocycles. The van der Waals surface area contributed by atoms with Crippen molar-refractivity contribution in [2.45, 2.75) is 50.1 Å². The summed E-state index contributed by atoms with van der Waals surface area (Å²) in [5.41, 5.74) is 6.07. The second-order valence-electron chi connectivity index (χ2n) is 8.13. The van der Waals surface area contributed by atoms with Gasteiger partial charge in [-0.1, -0.05) is 18.2 Å². The van der Waals surface area contributed by atoms with Crippen molar-refractivity contribution in [1.29, 1.82) is 0 Å². The van der Waals surface area contributed by atoms with Gasteiger partial charge in [0.05, 0.1) is 12.6 Å². The van der Waals surface area contributed by atoms with Crippen LogP contribution in [0.3, 0.4) is 0 Å². The smallest absolute Gasteiger partial charge is 0.410 e.